The van der Waals surface area contributed by atoms with Crippen molar-refractivity contribution in [3.63, 3.8) is 0 Å². The van der Waals surface area contributed by atoms with Crippen LogP contribution in [0.5, 0.6) is 0 Å². The molecule has 114 valence electrons. The molecule has 1 N–H and O–H groups in total. The molecule has 0 fully saturated rings. The number of amides is 1. The molecule has 0 aliphatic heterocycles. The number of esters is 2. The Bertz CT molecular complexity index is 372. The van der Waals surface area contributed by atoms with Crippen LogP contribution in [0.25, 0.3) is 0 Å². The Hall–Kier alpha value is -1.92. The summed E-state index contributed by atoms with van der Waals surface area (Å²) < 4.78 is 9.63. The highest BCUT2D eigenvalue weighted by atomic mass is 16.6. The quantitative estimate of drug-likeness (QED) is 0.511. The Morgan fingerprint density at radius 2 is 1.40 bits per heavy atom. The van der Waals surface area contributed by atoms with Crippen molar-refractivity contribution in [1.82, 2.24) is 5.32 Å². The summed E-state index contributed by atoms with van der Waals surface area (Å²) in [6.45, 7) is 5.88. The van der Waals surface area contributed by atoms with Crippen LogP contribution in [0.2, 0.25) is 0 Å². The predicted molar refractivity (Wildman–Crippen MR) is 69.7 cm³/mol. The van der Waals surface area contributed by atoms with E-state index in [0.717, 1.165) is 6.92 Å². The maximum atomic E-state index is 12.1. The highest BCUT2D eigenvalue weighted by Crippen LogP contribution is 2.18. The molecule has 0 saturated carbocycles. The first-order valence-corrected chi connectivity index (χ1v) is 6.48. The van der Waals surface area contributed by atoms with Crippen LogP contribution < -0.4 is 5.32 Å². The van der Waals surface area contributed by atoms with Crippen LogP contribution in [0.4, 0.5) is 0 Å². The van der Waals surface area contributed by atoms with Gasteiger partial charge < -0.3 is 14.8 Å². The summed E-state index contributed by atoms with van der Waals surface area (Å²) >= 11 is 0. The van der Waals surface area contributed by atoms with Gasteiger partial charge in [0, 0.05) is 13.3 Å². The number of rotatable bonds is 8. The summed E-state index contributed by atoms with van der Waals surface area (Å²) in [5, 5.41) is 2.22. The molecule has 0 spiro atoms. The number of nitrogens with one attached hydrogen (secondary N) is 1. The Balaban J connectivity index is 5.60. The number of carbonyl (C=O) groups excluding carboxylic acids is 4. The molecule has 20 heavy (non-hydrogen) atoms. The molecule has 0 rings (SSSR count). The largest absolute Gasteiger partial charge is 0.464 e. The average Bonchev–Trinajstić information content (AvgIpc) is 2.37. The van der Waals surface area contributed by atoms with Crippen LogP contribution in [0, 0.1) is 0 Å². The zero-order valence-corrected chi connectivity index (χ0v) is 12.3. The van der Waals surface area contributed by atoms with E-state index in [1.54, 1.807) is 20.8 Å². The molecule has 0 aliphatic carbocycles. The van der Waals surface area contributed by atoms with Gasteiger partial charge in [-0.25, -0.2) is 9.59 Å². The normalized spacial score (nSPS) is 10.6. The molecular formula is C13H21NO6. The lowest BCUT2D eigenvalue weighted by molar-refractivity contribution is -0.169. The topological polar surface area (TPSA) is 98.8 Å². The van der Waals surface area contributed by atoms with Crippen molar-refractivity contribution < 1.29 is 28.7 Å². The van der Waals surface area contributed by atoms with Gasteiger partial charge in [-0.3, -0.25) is 9.59 Å². The smallest absolute Gasteiger partial charge is 0.344 e. The van der Waals surface area contributed by atoms with E-state index in [4.69, 9.17) is 9.47 Å². The van der Waals surface area contributed by atoms with E-state index < -0.39 is 29.8 Å². The number of Topliss-reactive ketones (excluding diaryl/α,β-unsaturated/α-hetero) is 1. The fourth-order valence-corrected chi connectivity index (χ4v) is 1.60. The lowest BCUT2D eigenvalue weighted by Gasteiger charge is -2.28. The molecule has 7 heteroatoms. The van der Waals surface area contributed by atoms with Crippen molar-refractivity contribution in [3.8, 4) is 0 Å². The third-order valence-corrected chi connectivity index (χ3v) is 2.49. The van der Waals surface area contributed by atoms with E-state index in [2.05, 4.69) is 5.32 Å². The van der Waals surface area contributed by atoms with E-state index in [1.807, 2.05) is 0 Å². The zero-order chi connectivity index (χ0) is 15.8. The van der Waals surface area contributed by atoms with Crippen molar-refractivity contribution in [2.75, 3.05) is 13.2 Å². The van der Waals surface area contributed by atoms with Gasteiger partial charge in [0.2, 0.25) is 11.4 Å². The molecule has 0 bridgehead atoms. The van der Waals surface area contributed by atoms with E-state index >= 15 is 0 Å². The molecule has 1 amide bonds. The van der Waals surface area contributed by atoms with E-state index in [1.165, 1.54) is 0 Å². The first-order chi connectivity index (χ1) is 9.33. The van der Waals surface area contributed by atoms with Crippen LogP contribution in [-0.4, -0.2) is 42.4 Å². The third-order valence-electron chi connectivity index (χ3n) is 2.49. The maximum Gasteiger partial charge on any atom is 0.344 e. The van der Waals surface area contributed by atoms with Crippen molar-refractivity contribution in [3.05, 3.63) is 0 Å². The Morgan fingerprint density at radius 3 is 1.70 bits per heavy atom. The number of ketones is 1. The summed E-state index contributed by atoms with van der Waals surface area (Å²) in [7, 11) is 0. The second-order valence-corrected chi connectivity index (χ2v) is 4.10. The van der Waals surface area contributed by atoms with Gasteiger partial charge in [0.25, 0.3) is 0 Å². The Labute approximate surface area is 118 Å². The summed E-state index contributed by atoms with van der Waals surface area (Å²) in [5.74, 6) is -2.97. The molecule has 0 radical (unpaired) electrons. The summed E-state index contributed by atoms with van der Waals surface area (Å²) in [4.78, 5) is 47.1. The van der Waals surface area contributed by atoms with Gasteiger partial charge in [-0.15, -0.1) is 0 Å². The molecule has 7 nitrogen and oxygen atoms in total. The standard InChI is InChI=1S/C13H21NO6/c1-5-10(16)8-13(14-9(4)15,11(17)19-6-2)12(18)20-7-3/h5-8H2,1-4H3,(H,14,15). The minimum Gasteiger partial charge on any atom is -0.464 e. The zero-order valence-electron chi connectivity index (χ0n) is 12.3. The van der Waals surface area contributed by atoms with Crippen LogP contribution in [0.15, 0.2) is 0 Å². The lowest BCUT2D eigenvalue weighted by Crippen LogP contribution is -2.62. The monoisotopic (exact) mass is 287 g/mol. The molecule has 0 aromatic rings. The molecule has 0 aromatic carbocycles. The first-order valence-electron chi connectivity index (χ1n) is 6.48. The fraction of sp³-hybridized carbons (Fsp3) is 0.692. The maximum absolute atomic E-state index is 12.1. The Morgan fingerprint density at radius 1 is 0.950 bits per heavy atom. The van der Waals surface area contributed by atoms with Crippen LogP contribution in [0.3, 0.4) is 0 Å². The van der Waals surface area contributed by atoms with Crippen molar-refractivity contribution in [2.24, 2.45) is 0 Å². The second kappa shape index (κ2) is 8.29. The molecule has 0 aliphatic rings. The fourth-order valence-electron chi connectivity index (χ4n) is 1.60. The van der Waals surface area contributed by atoms with Gasteiger partial charge in [-0.2, -0.15) is 0 Å². The summed E-state index contributed by atoms with van der Waals surface area (Å²) in [6, 6.07) is 0. The van der Waals surface area contributed by atoms with Gasteiger partial charge in [0.1, 0.15) is 5.78 Å². The molecule has 0 saturated heterocycles. The number of carbonyl (C=O) groups is 4. The van der Waals surface area contributed by atoms with Gasteiger partial charge >= 0.3 is 11.9 Å². The van der Waals surface area contributed by atoms with E-state index in [0.29, 0.717) is 0 Å². The molecule has 0 heterocycles. The Kier molecular flexibility index (Phi) is 7.49. The van der Waals surface area contributed by atoms with Gasteiger partial charge in [-0.05, 0) is 13.8 Å². The van der Waals surface area contributed by atoms with Crippen LogP contribution in [-0.2, 0) is 28.7 Å². The number of hydrogen-bond donors (Lipinski definition) is 1. The minimum absolute atomic E-state index is 0.0138. The van der Waals surface area contributed by atoms with E-state index in [9.17, 15) is 19.2 Å². The molecule has 0 aromatic heterocycles. The number of hydrogen-bond acceptors (Lipinski definition) is 6. The van der Waals surface area contributed by atoms with Crippen molar-refractivity contribution in [2.45, 2.75) is 46.1 Å². The summed E-state index contributed by atoms with van der Waals surface area (Å²) in [6.07, 6.45) is -0.360. The third kappa shape index (κ3) is 4.64. The van der Waals surface area contributed by atoms with Crippen LogP contribution >= 0.6 is 0 Å². The van der Waals surface area contributed by atoms with Gasteiger partial charge in [-0.1, -0.05) is 6.92 Å². The summed E-state index contributed by atoms with van der Waals surface area (Å²) in [5.41, 5.74) is -2.11. The van der Waals surface area contributed by atoms with Gasteiger partial charge in [0.15, 0.2) is 0 Å². The highest BCUT2D eigenvalue weighted by molar-refractivity contribution is 6.10. The van der Waals surface area contributed by atoms with Crippen LogP contribution in [0.1, 0.15) is 40.5 Å². The first kappa shape index (κ1) is 18.1. The molecular weight excluding hydrogens is 266 g/mol. The number of ether oxygens (including phenoxy) is 2. The van der Waals surface area contributed by atoms with E-state index in [-0.39, 0.29) is 25.4 Å². The SMILES string of the molecule is CCOC(=O)C(CC(=O)CC)(NC(C)=O)C(=O)OCC. The van der Waals surface area contributed by atoms with Crippen molar-refractivity contribution in [1.29, 1.82) is 0 Å². The van der Waals surface area contributed by atoms with Gasteiger partial charge in [0.05, 0.1) is 19.6 Å². The second-order valence-electron chi connectivity index (χ2n) is 4.10. The van der Waals surface area contributed by atoms with Crippen molar-refractivity contribution >= 4 is 23.6 Å². The average molecular weight is 287 g/mol. The highest BCUT2D eigenvalue weighted by Gasteiger charge is 2.51. The predicted octanol–water partition coefficient (Wildman–Crippen LogP) is 0.357. The molecule has 0 atom stereocenters. The molecule has 0 unspecified atom stereocenters. The lowest BCUT2D eigenvalue weighted by atomic mass is 9.91. The minimum atomic E-state index is -2.11.